The maximum atomic E-state index is 12.4. The molecule has 1 aromatic heterocycles. The smallest absolute Gasteiger partial charge is 0.231 e. The van der Waals surface area contributed by atoms with Crippen molar-refractivity contribution in [2.45, 2.75) is 51.5 Å². The molecule has 1 atom stereocenters. The fraction of sp³-hybridized carbons (Fsp3) is 0.750. The van der Waals surface area contributed by atoms with Crippen LogP contribution in [-0.4, -0.2) is 52.7 Å². The number of aromatic nitrogens is 2. The van der Waals surface area contributed by atoms with E-state index in [1.165, 1.54) is 24.2 Å². The predicted molar refractivity (Wildman–Crippen MR) is 90.8 cm³/mol. The van der Waals surface area contributed by atoms with E-state index in [0.717, 1.165) is 17.8 Å². The van der Waals surface area contributed by atoms with Crippen molar-refractivity contribution in [1.82, 2.24) is 15.1 Å². The number of amides is 2. The van der Waals surface area contributed by atoms with Gasteiger partial charge in [-0.1, -0.05) is 24.2 Å². The molecule has 1 saturated carbocycles. The summed E-state index contributed by atoms with van der Waals surface area (Å²) in [5.74, 6) is -0.304. The molecule has 1 aromatic rings. The Morgan fingerprint density at radius 1 is 1.38 bits per heavy atom. The molecule has 2 aliphatic rings. The molecule has 2 heterocycles. The second kappa shape index (κ2) is 8.02. The molecule has 1 aliphatic carbocycles. The molecule has 1 aliphatic heterocycles. The minimum Gasteiger partial charge on any atom is -0.381 e. The van der Waals surface area contributed by atoms with Crippen LogP contribution in [0.1, 0.15) is 44.0 Å². The van der Waals surface area contributed by atoms with Crippen molar-refractivity contribution in [3.63, 3.8) is 0 Å². The van der Waals surface area contributed by atoms with Crippen LogP contribution in [0, 0.1) is 5.92 Å². The minimum absolute atomic E-state index is 0.108. The van der Waals surface area contributed by atoms with Gasteiger partial charge in [-0.25, -0.2) is 0 Å². The lowest BCUT2D eigenvalue weighted by atomic mass is 10.1. The van der Waals surface area contributed by atoms with Gasteiger partial charge in [-0.3, -0.25) is 9.59 Å². The number of carbonyl (C=O) groups excluding carboxylic acids is 2. The van der Waals surface area contributed by atoms with E-state index < -0.39 is 0 Å². The summed E-state index contributed by atoms with van der Waals surface area (Å²) in [6.45, 7) is 3.76. The lowest BCUT2D eigenvalue weighted by Gasteiger charge is -2.23. The maximum Gasteiger partial charge on any atom is 0.231 e. The van der Waals surface area contributed by atoms with E-state index in [-0.39, 0.29) is 17.7 Å². The van der Waals surface area contributed by atoms with Crippen molar-refractivity contribution < 1.29 is 14.3 Å². The van der Waals surface area contributed by atoms with E-state index in [1.54, 1.807) is 0 Å². The van der Waals surface area contributed by atoms with Gasteiger partial charge in [-0.05, 0) is 19.8 Å². The van der Waals surface area contributed by atoms with Crippen LogP contribution < -0.4 is 5.32 Å². The Morgan fingerprint density at radius 2 is 2.17 bits per heavy atom. The largest absolute Gasteiger partial charge is 0.381 e. The molecule has 0 unspecified atom stereocenters. The van der Waals surface area contributed by atoms with Gasteiger partial charge in [-0.2, -0.15) is 0 Å². The quantitative estimate of drug-likeness (QED) is 0.757. The zero-order chi connectivity index (χ0) is 16.9. The second-order valence-electron chi connectivity index (χ2n) is 6.32. The second-order valence-corrected chi connectivity index (χ2v) is 7.38. The van der Waals surface area contributed by atoms with Crippen LogP contribution in [0.15, 0.2) is 0 Å². The Balaban J connectivity index is 1.51. The van der Waals surface area contributed by atoms with Gasteiger partial charge >= 0.3 is 0 Å². The molecule has 24 heavy (non-hydrogen) atoms. The van der Waals surface area contributed by atoms with Gasteiger partial charge in [0, 0.05) is 32.0 Å². The molecule has 0 aromatic carbocycles. The van der Waals surface area contributed by atoms with Crippen LogP contribution in [0.3, 0.4) is 0 Å². The first kappa shape index (κ1) is 17.3. The fourth-order valence-electron chi connectivity index (χ4n) is 3.39. The monoisotopic (exact) mass is 352 g/mol. The topological polar surface area (TPSA) is 84.4 Å². The summed E-state index contributed by atoms with van der Waals surface area (Å²) in [5.41, 5.74) is 0. The third-order valence-corrected chi connectivity index (χ3v) is 5.55. The first-order chi connectivity index (χ1) is 11.7. The molecular formula is C16H24N4O3S. The van der Waals surface area contributed by atoms with Crippen LogP contribution in [0.25, 0.3) is 0 Å². The van der Waals surface area contributed by atoms with E-state index >= 15 is 0 Å². The molecule has 2 amide bonds. The average molecular weight is 352 g/mol. The molecule has 1 N–H and O–H groups in total. The predicted octanol–water partition coefficient (Wildman–Crippen LogP) is 1.85. The molecule has 7 nitrogen and oxygen atoms in total. The zero-order valence-corrected chi connectivity index (χ0v) is 14.8. The van der Waals surface area contributed by atoms with E-state index in [4.69, 9.17) is 4.74 Å². The highest BCUT2D eigenvalue weighted by molar-refractivity contribution is 7.15. The summed E-state index contributed by atoms with van der Waals surface area (Å²) < 4.78 is 5.29. The number of rotatable bonds is 7. The first-order valence-corrected chi connectivity index (χ1v) is 9.49. The normalized spacial score (nSPS) is 21.6. The minimum atomic E-state index is -0.283. The molecule has 0 bridgehead atoms. The van der Waals surface area contributed by atoms with Crippen molar-refractivity contribution >= 4 is 28.3 Å². The van der Waals surface area contributed by atoms with Gasteiger partial charge in [0.2, 0.25) is 16.9 Å². The van der Waals surface area contributed by atoms with Crippen molar-refractivity contribution in [3.05, 3.63) is 5.01 Å². The summed E-state index contributed by atoms with van der Waals surface area (Å²) in [4.78, 5) is 26.5. The summed E-state index contributed by atoms with van der Waals surface area (Å²) in [6, 6.07) is 0.335. The summed E-state index contributed by atoms with van der Waals surface area (Å²) >= 11 is 1.36. The van der Waals surface area contributed by atoms with Gasteiger partial charge in [0.15, 0.2) is 0 Å². The van der Waals surface area contributed by atoms with Crippen molar-refractivity contribution in [2.75, 3.05) is 25.1 Å². The third-order valence-electron chi connectivity index (χ3n) is 4.66. The third kappa shape index (κ3) is 4.10. The van der Waals surface area contributed by atoms with E-state index in [0.29, 0.717) is 43.8 Å². The molecule has 0 radical (unpaired) electrons. The van der Waals surface area contributed by atoms with E-state index in [1.807, 2.05) is 11.8 Å². The molecule has 132 valence electrons. The lowest BCUT2D eigenvalue weighted by molar-refractivity contribution is -0.129. The van der Waals surface area contributed by atoms with Crippen molar-refractivity contribution in [1.29, 1.82) is 0 Å². The number of hydrogen-bond acceptors (Lipinski definition) is 6. The standard InChI is InChI=1S/C16H24N4O3S/c1-2-23-8-7-13-18-19-16(24-13)17-15(22)11-9-14(21)20(10-11)12-5-3-4-6-12/h11-12H,2-10H2,1H3,(H,17,19,22)/t11-/m0/s1. The molecule has 1 saturated heterocycles. The highest BCUT2D eigenvalue weighted by Gasteiger charge is 2.38. The van der Waals surface area contributed by atoms with Crippen LogP contribution >= 0.6 is 11.3 Å². The Kier molecular flexibility index (Phi) is 5.78. The van der Waals surface area contributed by atoms with Crippen molar-refractivity contribution in [2.24, 2.45) is 5.92 Å². The summed E-state index contributed by atoms with van der Waals surface area (Å²) in [5, 5.41) is 12.2. The van der Waals surface area contributed by atoms with Crippen molar-refractivity contribution in [3.8, 4) is 0 Å². The zero-order valence-electron chi connectivity index (χ0n) is 14.0. The molecule has 3 rings (SSSR count). The van der Waals surface area contributed by atoms with Crippen LogP contribution in [0.5, 0.6) is 0 Å². The van der Waals surface area contributed by atoms with Gasteiger partial charge in [-0.15, -0.1) is 10.2 Å². The number of carbonyl (C=O) groups is 2. The van der Waals surface area contributed by atoms with Gasteiger partial charge in [0.1, 0.15) is 5.01 Å². The number of ether oxygens (including phenoxy) is 1. The number of anilines is 1. The Morgan fingerprint density at radius 3 is 2.92 bits per heavy atom. The highest BCUT2D eigenvalue weighted by atomic mass is 32.1. The Labute approximate surface area is 145 Å². The van der Waals surface area contributed by atoms with Gasteiger partial charge in [0.25, 0.3) is 0 Å². The van der Waals surface area contributed by atoms with E-state index in [9.17, 15) is 9.59 Å². The van der Waals surface area contributed by atoms with Gasteiger partial charge in [0.05, 0.1) is 12.5 Å². The molecule has 8 heteroatoms. The van der Waals surface area contributed by atoms with Crippen LogP contribution in [0.2, 0.25) is 0 Å². The Hall–Kier alpha value is -1.54. The average Bonchev–Trinajstić information content (AvgIpc) is 3.28. The SMILES string of the molecule is CCOCCc1nnc(NC(=O)[C@H]2CC(=O)N(C3CCCC3)C2)s1. The van der Waals surface area contributed by atoms with E-state index in [2.05, 4.69) is 15.5 Å². The molecule has 2 fully saturated rings. The number of likely N-dealkylation sites (tertiary alicyclic amines) is 1. The number of nitrogens with one attached hydrogen (secondary N) is 1. The Bertz CT molecular complexity index is 586. The fourth-order valence-corrected chi connectivity index (χ4v) is 4.12. The molecule has 0 spiro atoms. The maximum absolute atomic E-state index is 12.4. The summed E-state index contributed by atoms with van der Waals surface area (Å²) in [6.07, 6.45) is 5.50. The van der Waals surface area contributed by atoms with Gasteiger partial charge < -0.3 is 15.0 Å². The van der Waals surface area contributed by atoms with Crippen LogP contribution in [-0.2, 0) is 20.7 Å². The molecular weight excluding hydrogens is 328 g/mol. The summed E-state index contributed by atoms with van der Waals surface area (Å²) in [7, 11) is 0. The lowest BCUT2D eigenvalue weighted by Crippen LogP contribution is -2.35. The number of nitrogens with zero attached hydrogens (tertiary/aromatic N) is 3. The highest BCUT2D eigenvalue weighted by Crippen LogP contribution is 2.30. The van der Waals surface area contributed by atoms with Crippen LogP contribution in [0.4, 0.5) is 5.13 Å². The number of hydrogen-bond donors (Lipinski definition) is 1. The first-order valence-electron chi connectivity index (χ1n) is 8.67.